The molecule has 9 heteroatoms. The number of carbonyl (C=O) groups excluding carboxylic acids is 1. The average molecular weight is 442 g/mol. The molecule has 0 radical (unpaired) electrons. The van der Waals surface area contributed by atoms with Crippen molar-refractivity contribution in [2.24, 2.45) is 45.0 Å². The SMILES string of the molecule is CN(N=O)C(N)=O.C[C@@]1(CO)[C@H](O)CC[C@@]2(C)[C@H]1CC[C@H]1C[C@@H]3C[C@@]12CC[C@]3(O)CO. The van der Waals surface area contributed by atoms with E-state index in [0.717, 1.165) is 44.9 Å². The highest BCUT2D eigenvalue weighted by Crippen LogP contribution is 2.75. The fourth-order valence-electron chi connectivity index (χ4n) is 7.97. The average Bonchev–Trinajstić information content (AvgIpc) is 3.11. The molecule has 31 heavy (non-hydrogen) atoms. The molecule has 0 aromatic carbocycles. The predicted molar refractivity (Wildman–Crippen MR) is 114 cm³/mol. The summed E-state index contributed by atoms with van der Waals surface area (Å²) in [6.07, 6.45) is 7.33. The van der Waals surface area contributed by atoms with Crippen molar-refractivity contribution in [1.82, 2.24) is 5.01 Å². The van der Waals surface area contributed by atoms with E-state index in [1.807, 2.05) is 0 Å². The highest BCUT2D eigenvalue weighted by molar-refractivity contribution is 5.71. The Labute approximate surface area is 183 Å². The van der Waals surface area contributed by atoms with Crippen LogP contribution in [-0.4, -0.2) is 63.4 Å². The lowest BCUT2D eigenvalue weighted by molar-refractivity contribution is -0.216. The van der Waals surface area contributed by atoms with E-state index in [2.05, 4.69) is 24.9 Å². The number of nitrogens with two attached hydrogens (primary N) is 1. The molecule has 6 N–H and O–H groups in total. The smallest absolute Gasteiger partial charge is 0.337 e. The summed E-state index contributed by atoms with van der Waals surface area (Å²) in [6, 6.07) is -0.852. The molecule has 0 aromatic heterocycles. The molecule has 4 rings (SSSR count). The lowest BCUT2D eigenvalue weighted by Gasteiger charge is -2.66. The van der Waals surface area contributed by atoms with Gasteiger partial charge in [0, 0.05) is 12.5 Å². The minimum Gasteiger partial charge on any atom is -0.396 e. The Morgan fingerprint density at radius 1 is 1.10 bits per heavy atom. The zero-order valence-corrected chi connectivity index (χ0v) is 19.0. The first kappa shape index (κ1) is 24.4. The summed E-state index contributed by atoms with van der Waals surface area (Å²) in [5, 5.41) is 44.0. The molecule has 4 aliphatic rings. The molecular formula is C22H39N3O6. The molecule has 0 unspecified atom stereocenters. The van der Waals surface area contributed by atoms with Gasteiger partial charge in [-0.3, -0.25) is 0 Å². The molecule has 0 aromatic rings. The maximum Gasteiger partial charge on any atom is 0.337 e. The number of fused-ring (bicyclic) bond motifs is 2. The molecule has 2 amide bonds. The third kappa shape index (κ3) is 3.48. The Morgan fingerprint density at radius 3 is 2.29 bits per heavy atom. The number of primary amides is 1. The van der Waals surface area contributed by atoms with Crippen LogP contribution in [0.1, 0.15) is 65.2 Å². The first-order valence-corrected chi connectivity index (χ1v) is 11.4. The second-order valence-electron chi connectivity index (χ2n) is 11.0. The minimum absolute atomic E-state index is 0.0547. The van der Waals surface area contributed by atoms with Gasteiger partial charge in [-0.2, -0.15) is 5.01 Å². The molecule has 2 bridgehead atoms. The maximum absolute atomic E-state index is 10.9. The number of nitroso groups, excluding NO2 is 1. The number of aliphatic hydroxyl groups is 4. The number of carbonyl (C=O) groups is 1. The van der Waals surface area contributed by atoms with E-state index >= 15 is 0 Å². The fourth-order valence-corrected chi connectivity index (χ4v) is 7.97. The van der Waals surface area contributed by atoms with E-state index in [4.69, 9.17) is 0 Å². The summed E-state index contributed by atoms with van der Waals surface area (Å²) in [6.45, 7) is 4.43. The molecule has 4 fully saturated rings. The predicted octanol–water partition coefficient (Wildman–Crippen LogP) is 1.76. The standard InChI is InChI=1S/C20H34O4.C2H5N3O2/c1-17(11-21)15-4-3-13-9-14-10-19(13,7-8-20(14,24)12-22)18(15,2)6-5-16(17)23;1-5(4-7)2(3)6/h13-16,21-24H,3-12H2,1-2H3;1H3,(H2,3,6)/t13-,14+,15-,16+,17-,18-,19-,20-;/m0./s1. The Balaban J connectivity index is 0.000000339. The van der Waals surface area contributed by atoms with Gasteiger partial charge in [-0.1, -0.05) is 13.8 Å². The lowest BCUT2D eigenvalue weighted by atomic mass is 9.39. The van der Waals surface area contributed by atoms with E-state index in [0.29, 0.717) is 23.3 Å². The van der Waals surface area contributed by atoms with Crippen molar-refractivity contribution in [3.63, 3.8) is 0 Å². The van der Waals surface area contributed by atoms with Gasteiger partial charge in [-0.25, -0.2) is 4.79 Å². The largest absolute Gasteiger partial charge is 0.396 e. The molecule has 4 aliphatic carbocycles. The van der Waals surface area contributed by atoms with Gasteiger partial charge in [0.1, 0.15) is 0 Å². The first-order valence-electron chi connectivity index (χ1n) is 11.4. The molecule has 9 nitrogen and oxygen atoms in total. The van der Waals surface area contributed by atoms with E-state index in [1.54, 1.807) is 0 Å². The Hall–Kier alpha value is -1.29. The molecular weight excluding hydrogens is 402 g/mol. The zero-order valence-electron chi connectivity index (χ0n) is 19.0. The van der Waals surface area contributed by atoms with Gasteiger partial charge in [0.05, 0.1) is 30.2 Å². The summed E-state index contributed by atoms with van der Waals surface area (Å²) >= 11 is 0. The van der Waals surface area contributed by atoms with Crippen molar-refractivity contribution in [3.05, 3.63) is 4.91 Å². The summed E-state index contributed by atoms with van der Waals surface area (Å²) in [4.78, 5) is 19.1. The third-order valence-electron chi connectivity index (χ3n) is 9.99. The molecule has 4 saturated carbocycles. The number of amides is 2. The van der Waals surface area contributed by atoms with Crippen LogP contribution in [0, 0.1) is 38.9 Å². The van der Waals surface area contributed by atoms with Crippen molar-refractivity contribution in [2.45, 2.75) is 76.9 Å². The van der Waals surface area contributed by atoms with E-state index < -0.39 is 23.2 Å². The molecule has 0 aliphatic heterocycles. The Morgan fingerprint density at radius 2 is 1.77 bits per heavy atom. The first-order chi connectivity index (χ1) is 14.4. The highest BCUT2D eigenvalue weighted by atomic mass is 16.3. The van der Waals surface area contributed by atoms with Crippen molar-refractivity contribution in [3.8, 4) is 0 Å². The van der Waals surface area contributed by atoms with Crippen LogP contribution in [-0.2, 0) is 0 Å². The van der Waals surface area contributed by atoms with Gasteiger partial charge in [-0.15, -0.1) is 4.91 Å². The number of rotatable bonds is 3. The second kappa shape index (κ2) is 8.24. The van der Waals surface area contributed by atoms with Crippen LogP contribution in [0.2, 0.25) is 0 Å². The van der Waals surface area contributed by atoms with Crippen LogP contribution >= 0.6 is 0 Å². The van der Waals surface area contributed by atoms with E-state index in [9.17, 15) is 30.1 Å². The third-order valence-corrected chi connectivity index (χ3v) is 9.99. The second-order valence-corrected chi connectivity index (χ2v) is 11.0. The lowest BCUT2D eigenvalue weighted by Crippen LogP contribution is -2.63. The highest BCUT2D eigenvalue weighted by Gasteiger charge is 2.70. The molecule has 0 heterocycles. The summed E-state index contributed by atoms with van der Waals surface area (Å²) < 4.78 is 0. The minimum atomic E-state index is -0.886. The fraction of sp³-hybridized carbons (Fsp3) is 0.955. The number of hydrogen-bond donors (Lipinski definition) is 5. The van der Waals surface area contributed by atoms with Crippen LogP contribution in [0.3, 0.4) is 0 Å². The molecule has 8 atom stereocenters. The summed E-state index contributed by atoms with van der Waals surface area (Å²) in [7, 11) is 1.18. The van der Waals surface area contributed by atoms with Gasteiger partial charge in [0.25, 0.3) is 0 Å². The summed E-state index contributed by atoms with van der Waals surface area (Å²) in [5.41, 5.74) is 3.59. The van der Waals surface area contributed by atoms with Crippen LogP contribution in [0.25, 0.3) is 0 Å². The van der Waals surface area contributed by atoms with Crippen LogP contribution in [0.5, 0.6) is 0 Å². The number of hydrogen-bond acceptors (Lipinski definition) is 7. The van der Waals surface area contributed by atoms with Crippen molar-refractivity contribution in [2.75, 3.05) is 20.3 Å². The Kier molecular flexibility index (Phi) is 6.48. The van der Waals surface area contributed by atoms with Crippen molar-refractivity contribution >= 4 is 6.03 Å². The van der Waals surface area contributed by atoms with Gasteiger partial charge in [0.15, 0.2) is 0 Å². The van der Waals surface area contributed by atoms with Crippen LogP contribution < -0.4 is 5.73 Å². The zero-order chi connectivity index (χ0) is 23.2. The van der Waals surface area contributed by atoms with E-state index in [1.165, 1.54) is 7.05 Å². The molecule has 1 spiro atoms. The molecule has 178 valence electrons. The van der Waals surface area contributed by atoms with Gasteiger partial charge in [-0.05, 0) is 80.0 Å². The Bertz CT molecular complexity index is 709. The van der Waals surface area contributed by atoms with Crippen molar-refractivity contribution < 1.29 is 25.2 Å². The van der Waals surface area contributed by atoms with Gasteiger partial charge in [0.2, 0.25) is 0 Å². The number of urea groups is 1. The number of nitrogens with zero attached hydrogens (tertiary/aromatic N) is 2. The molecule has 0 saturated heterocycles. The van der Waals surface area contributed by atoms with Crippen LogP contribution in [0.15, 0.2) is 5.29 Å². The normalized spacial score (nSPS) is 48.0. The summed E-state index contributed by atoms with van der Waals surface area (Å²) in [5.74, 6) is 1.18. The van der Waals surface area contributed by atoms with E-state index in [-0.39, 0.29) is 30.0 Å². The monoisotopic (exact) mass is 441 g/mol. The van der Waals surface area contributed by atoms with Gasteiger partial charge >= 0.3 is 6.03 Å². The van der Waals surface area contributed by atoms with Gasteiger partial charge < -0.3 is 26.2 Å². The maximum atomic E-state index is 10.9. The van der Waals surface area contributed by atoms with Crippen LogP contribution in [0.4, 0.5) is 4.79 Å². The topological polar surface area (TPSA) is 157 Å². The van der Waals surface area contributed by atoms with Crippen molar-refractivity contribution in [1.29, 1.82) is 0 Å². The number of aliphatic hydroxyl groups excluding tert-OH is 3. The quantitative estimate of drug-likeness (QED) is 0.332.